The van der Waals surface area contributed by atoms with Gasteiger partial charge >= 0.3 is 0 Å². The molecule has 0 saturated heterocycles. The van der Waals surface area contributed by atoms with E-state index < -0.39 is 0 Å². The van der Waals surface area contributed by atoms with E-state index in [2.05, 4.69) is 29.3 Å². The lowest BCUT2D eigenvalue weighted by atomic mass is 9.59. The Bertz CT molecular complexity index is 662. The fourth-order valence-electron chi connectivity index (χ4n) is 4.95. The van der Waals surface area contributed by atoms with Crippen LogP contribution in [0.2, 0.25) is 0 Å². The first-order valence-electron chi connectivity index (χ1n) is 8.37. The van der Waals surface area contributed by atoms with Crippen LogP contribution in [-0.2, 0) is 11.8 Å². The molecule has 3 heteroatoms. The standard InChI is InChI=1S/C18H24N2O/c1-2-18-7-6-15(21)10-14(18)5-3-4-12-9-17-13(8-16(12)18)11-19-20-17/h8-9,11,14-15,21H,2-7,10H2,1H3,(H,19,20)/t14?,15-,18-/m1/s1. The molecule has 1 fully saturated rings. The molecule has 0 aliphatic heterocycles. The van der Waals surface area contributed by atoms with Crippen LogP contribution in [0.25, 0.3) is 10.9 Å². The van der Waals surface area contributed by atoms with Crippen LogP contribution in [0, 0.1) is 5.92 Å². The molecule has 1 aromatic heterocycles. The number of rotatable bonds is 1. The zero-order valence-electron chi connectivity index (χ0n) is 12.7. The van der Waals surface area contributed by atoms with Crippen LogP contribution < -0.4 is 0 Å². The molecule has 2 aliphatic carbocycles. The van der Waals surface area contributed by atoms with Gasteiger partial charge in [-0.2, -0.15) is 5.10 Å². The van der Waals surface area contributed by atoms with Crippen LogP contribution in [0.3, 0.4) is 0 Å². The molecule has 3 atom stereocenters. The molecule has 2 aliphatic rings. The first-order chi connectivity index (χ1) is 10.2. The molecule has 0 spiro atoms. The van der Waals surface area contributed by atoms with Crippen LogP contribution in [0.1, 0.15) is 56.6 Å². The van der Waals surface area contributed by atoms with Crippen LogP contribution in [0.15, 0.2) is 18.3 Å². The summed E-state index contributed by atoms with van der Waals surface area (Å²) >= 11 is 0. The molecule has 0 bridgehead atoms. The van der Waals surface area contributed by atoms with E-state index in [4.69, 9.17) is 0 Å². The number of H-pyrrole nitrogens is 1. The Labute approximate surface area is 125 Å². The lowest BCUT2D eigenvalue weighted by Gasteiger charge is -2.46. The summed E-state index contributed by atoms with van der Waals surface area (Å²) in [5.74, 6) is 0.636. The maximum absolute atomic E-state index is 10.1. The molecule has 1 aromatic carbocycles. The number of aliphatic hydroxyl groups excluding tert-OH is 1. The Balaban J connectivity index is 1.91. The van der Waals surface area contributed by atoms with Crippen molar-refractivity contribution in [2.75, 3.05) is 0 Å². The van der Waals surface area contributed by atoms with E-state index in [1.165, 1.54) is 36.6 Å². The molecule has 2 N–H and O–H groups in total. The number of hydrogen-bond acceptors (Lipinski definition) is 2. The Morgan fingerprint density at radius 1 is 1.38 bits per heavy atom. The molecule has 112 valence electrons. The number of aromatic amines is 1. The van der Waals surface area contributed by atoms with Gasteiger partial charge in [-0.1, -0.05) is 6.92 Å². The molecule has 1 heterocycles. The number of aryl methyl sites for hydroxylation is 1. The molecule has 2 aromatic rings. The molecule has 0 amide bonds. The van der Waals surface area contributed by atoms with Crippen molar-refractivity contribution in [3.8, 4) is 0 Å². The third-order valence-corrected chi connectivity index (χ3v) is 6.09. The van der Waals surface area contributed by atoms with Crippen molar-refractivity contribution in [3.63, 3.8) is 0 Å². The Hall–Kier alpha value is -1.35. The predicted molar refractivity (Wildman–Crippen MR) is 84.3 cm³/mol. The lowest BCUT2D eigenvalue weighted by molar-refractivity contribution is 0.0452. The van der Waals surface area contributed by atoms with Gasteiger partial charge in [-0.15, -0.1) is 0 Å². The highest BCUT2D eigenvalue weighted by molar-refractivity contribution is 5.80. The van der Waals surface area contributed by atoms with Gasteiger partial charge in [0, 0.05) is 5.39 Å². The van der Waals surface area contributed by atoms with E-state index in [9.17, 15) is 5.11 Å². The summed E-state index contributed by atoms with van der Waals surface area (Å²) in [7, 11) is 0. The van der Waals surface area contributed by atoms with Gasteiger partial charge in [0.15, 0.2) is 0 Å². The lowest BCUT2D eigenvalue weighted by Crippen LogP contribution is -2.41. The summed E-state index contributed by atoms with van der Waals surface area (Å²) in [6.45, 7) is 2.33. The molecule has 4 rings (SSSR count). The van der Waals surface area contributed by atoms with Gasteiger partial charge in [-0.05, 0) is 79.5 Å². The minimum Gasteiger partial charge on any atom is -0.393 e. The monoisotopic (exact) mass is 284 g/mol. The minimum atomic E-state index is -0.0890. The number of aliphatic hydroxyl groups is 1. The number of fused-ring (bicyclic) bond motifs is 4. The average Bonchev–Trinajstić information content (AvgIpc) is 2.88. The molecule has 1 unspecified atom stereocenters. The molecule has 1 saturated carbocycles. The summed E-state index contributed by atoms with van der Waals surface area (Å²) in [6.07, 6.45) is 9.76. The highest BCUT2D eigenvalue weighted by Gasteiger charge is 2.45. The van der Waals surface area contributed by atoms with Crippen LogP contribution in [0.4, 0.5) is 0 Å². The van der Waals surface area contributed by atoms with Crippen molar-refractivity contribution < 1.29 is 5.11 Å². The smallest absolute Gasteiger partial charge is 0.0653 e. The largest absolute Gasteiger partial charge is 0.393 e. The van der Waals surface area contributed by atoms with E-state index >= 15 is 0 Å². The first-order valence-corrected chi connectivity index (χ1v) is 8.37. The highest BCUT2D eigenvalue weighted by atomic mass is 16.3. The molecular weight excluding hydrogens is 260 g/mol. The number of aromatic nitrogens is 2. The summed E-state index contributed by atoms with van der Waals surface area (Å²) in [5, 5.41) is 18.7. The van der Waals surface area contributed by atoms with Gasteiger partial charge in [0.2, 0.25) is 0 Å². The Morgan fingerprint density at radius 3 is 3.14 bits per heavy atom. The summed E-state index contributed by atoms with van der Waals surface area (Å²) in [6, 6.07) is 4.70. The Kier molecular flexibility index (Phi) is 3.07. The van der Waals surface area contributed by atoms with E-state index in [0.717, 1.165) is 24.8 Å². The zero-order valence-corrected chi connectivity index (χ0v) is 12.7. The minimum absolute atomic E-state index is 0.0890. The number of nitrogens with one attached hydrogen (secondary N) is 1. The SMILES string of the molecule is CC[C@@]12CC[C@@H](O)CC1CCCc1cc3[nH]ncc3cc12. The second kappa shape index (κ2) is 4.84. The van der Waals surface area contributed by atoms with Gasteiger partial charge in [-0.25, -0.2) is 0 Å². The number of nitrogens with zero attached hydrogens (tertiary/aromatic N) is 1. The normalized spacial score (nSPS) is 32.5. The predicted octanol–water partition coefficient (Wildman–Crippen LogP) is 3.71. The fourth-order valence-corrected chi connectivity index (χ4v) is 4.95. The van der Waals surface area contributed by atoms with Crippen molar-refractivity contribution in [1.82, 2.24) is 10.2 Å². The van der Waals surface area contributed by atoms with Crippen molar-refractivity contribution in [1.29, 1.82) is 0 Å². The highest BCUT2D eigenvalue weighted by Crippen LogP contribution is 2.51. The fraction of sp³-hybridized carbons (Fsp3) is 0.611. The number of hydrogen-bond donors (Lipinski definition) is 2. The van der Waals surface area contributed by atoms with Crippen molar-refractivity contribution >= 4 is 10.9 Å². The van der Waals surface area contributed by atoms with Crippen LogP contribution in [0.5, 0.6) is 0 Å². The summed E-state index contributed by atoms with van der Waals surface area (Å²) in [5.41, 5.74) is 4.49. The third kappa shape index (κ3) is 1.94. The maximum Gasteiger partial charge on any atom is 0.0653 e. The van der Waals surface area contributed by atoms with E-state index in [-0.39, 0.29) is 11.5 Å². The van der Waals surface area contributed by atoms with Gasteiger partial charge in [0.05, 0.1) is 17.8 Å². The third-order valence-electron chi connectivity index (χ3n) is 6.09. The van der Waals surface area contributed by atoms with E-state index in [1.54, 1.807) is 5.56 Å². The van der Waals surface area contributed by atoms with Crippen molar-refractivity contribution in [2.24, 2.45) is 5.92 Å². The second-order valence-electron chi connectivity index (χ2n) is 6.99. The van der Waals surface area contributed by atoms with E-state index in [0.29, 0.717) is 5.92 Å². The molecular formula is C18H24N2O. The van der Waals surface area contributed by atoms with Crippen LogP contribution >= 0.6 is 0 Å². The molecule has 3 nitrogen and oxygen atoms in total. The number of benzene rings is 1. The quantitative estimate of drug-likeness (QED) is 0.838. The van der Waals surface area contributed by atoms with Gasteiger partial charge < -0.3 is 5.11 Å². The average molecular weight is 284 g/mol. The van der Waals surface area contributed by atoms with Crippen molar-refractivity contribution in [2.45, 2.75) is 63.4 Å². The van der Waals surface area contributed by atoms with E-state index in [1.807, 2.05) is 6.20 Å². The topological polar surface area (TPSA) is 48.9 Å². The zero-order chi connectivity index (χ0) is 14.4. The molecule has 21 heavy (non-hydrogen) atoms. The van der Waals surface area contributed by atoms with Gasteiger partial charge in [0.1, 0.15) is 0 Å². The van der Waals surface area contributed by atoms with Crippen LogP contribution in [-0.4, -0.2) is 21.4 Å². The summed E-state index contributed by atoms with van der Waals surface area (Å²) in [4.78, 5) is 0. The second-order valence-corrected chi connectivity index (χ2v) is 6.99. The molecule has 0 radical (unpaired) electrons. The van der Waals surface area contributed by atoms with Gasteiger partial charge in [-0.3, -0.25) is 5.10 Å². The Morgan fingerprint density at radius 2 is 2.29 bits per heavy atom. The van der Waals surface area contributed by atoms with Gasteiger partial charge in [0.25, 0.3) is 0 Å². The summed E-state index contributed by atoms with van der Waals surface area (Å²) < 4.78 is 0. The van der Waals surface area contributed by atoms with Crippen molar-refractivity contribution in [3.05, 3.63) is 29.5 Å². The maximum atomic E-state index is 10.1. The first kappa shape index (κ1) is 13.3.